The number of amides is 1. The normalized spacial score (nSPS) is 12.0. The predicted molar refractivity (Wildman–Crippen MR) is 99.8 cm³/mol. The van der Waals surface area contributed by atoms with Crippen LogP contribution in [-0.4, -0.2) is 24.7 Å². The zero-order chi connectivity index (χ0) is 18.0. The fraction of sp³-hybridized carbons (Fsp3) is 0.211. The molecule has 1 N–H and O–H groups in total. The second-order valence-electron chi connectivity index (χ2n) is 5.66. The van der Waals surface area contributed by atoms with Crippen molar-refractivity contribution in [2.24, 2.45) is 0 Å². The van der Waals surface area contributed by atoms with Crippen LogP contribution in [0, 0.1) is 0 Å². The number of hydrogen-bond donors (Lipinski definition) is 1. The summed E-state index contributed by atoms with van der Waals surface area (Å²) in [4.78, 5) is 12.6. The molecule has 0 saturated carbocycles. The van der Waals surface area contributed by atoms with Gasteiger partial charge in [-0.15, -0.1) is 0 Å². The van der Waals surface area contributed by atoms with Crippen LogP contribution < -0.4 is 14.8 Å². The highest BCUT2D eigenvalue weighted by Crippen LogP contribution is 2.28. The summed E-state index contributed by atoms with van der Waals surface area (Å²) < 4.78 is 12.3. The third-order valence-electron chi connectivity index (χ3n) is 4.14. The van der Waals surface area contributed by atoms with Crippen LogP contribution in [-0.2, 0) is 4.79 Å². The van der Waals surface area contributed by atoms with Crippen molar-refractivity contribution in [3.8, 4) is 11.5 Å². The molecule has 0 aliphatic rings. The summed E-state index contributed by atoms with van der Waals surface area (Å²) in [5.74, 6) is 1.22. The van der Waals surface area contributed by atoms with Crippen molar-refractivity contribution in [1.82, 2.24) is 4.57 Å². The highest BCUT2D eigenvalue weighted by molar-refractivity contribution is 6.32. The summed E-state index contributed by atoms with van der Waals surface area (Å²) in [7, 11) is 3.18. The maximum atomic E-state index is 12.6. The van der Waals surface area contributed by atoms with Crippen LogP contribution in [0.15, 0.2) is 48.7 Å². The largest absolute Gasteiger partial charge is 0.497 e. The number of fused-ring (bicyclic) bond motifs is 1. The van der Waals surface area contributed by atoms with E-state index in [9.17, 15) is 4.79 Å². The highest BCUT2D eigenvalue weighted by atomic mass is 35.5. The molecule has 0 aliphatic carbocycles. The minimum absolute atomic E-state index is 0.130. The summed E-state index contributed by atoms with van der Waals surface area (Å²) in [6, 6.07) is 12.5. The Labute approximate surface area is 151 Å². The molecule has 0 bridgehead atoms. The Balaban J connectivity index is 1.82. The number of carbonyl (C=O) groups is 1. The summed E-state index contributed by atoms with van der Waals surface area (Å²) >= 11 is 6.11. The number of nitrogens with zero attached hydrogens (tertiary/aromatic N) is 1. The molecule has 1 unspecified atom stereocenters. The Morgan fingerprint density at radius 3 is 2.60 bits per heavy atom. The van der Waals surface area contributed by atoms with E-state index in [-0.39, 0.29) is 11.9 Å². The predicted octanol–water partition coefficient (Wildman–Crippen LogP) is 4.51. The van der Waals surface area contributed by atoms with Gasteiger partial charge in [0.05, 0.1) is 19.2 Å². The second-order valence-corrected chi connectivity index (χ2v) is 6.07. The molecule has 130 valence electrons. The zero-order valence-electron chi connectivity index (χ0n) is 14.2. The molecule has 1 heterocycles. The SMILES string of the molecule is COc1ccc2c(ccn2C(C)C(=O)Nc2ccc(OC)c(Cl)c2)c1. The van der Waals surface area contributed by atoms with Crippen molar-refractivity contribution in [1.29, 1.82) is 0 Å². The molecule has 1 atom stereocenters. The lowest BCUT2D eigenvalue weighted by atomic mass is 10.2. The van der Waals surface area contributed by atoms with E-state index < -0.39 is 0 Å². The minimum atomic E-state index is -0.383. The van der Waals surface area contributed by atoms with E-state index in [0.717, 1.165) is 16.7 Å². The lowest BCUT2D eigenvalue weighted by molar-refractivity contribution is -0.118. The van der Waals surface area contributed by atoms with Crippen LogP contribution in [0.4, 0.5) is 5.69 Å². The lowest BCUT2D eigenvalue weighted by Gasteiger charge is -2.16. The molecule has 0 aliphatic heterocycles. The molecule has 25 heavy (non-hydrogen) atoms. The molecular weight excluding hydrogens is 340 g/mol. The molecule has 0 saturated heterocycles. The fourth-order valence-electron chi connectivity index (χ4n) is 2.72. The summed E-state index contributed by atoms with van der Waals surface area (Å²) in [5, 5.41) is 4.36. The van der Waals surface area contributed by atoms with Crippen LogP contribution in [0.3, 0.4) is 0 Å². The van der Waals surface area contributed by atoms with Gasteiger partial charge in [0.15, 0.2) is 0 Å². The molecule has 1 aromatic heterocycles. The van der Waals surface area contributed by atoms with E-state index in [1.807, 2.05) is 42.0 Å². The van der Waals surface area contributed by atoms with Crippen molar-refractivity contribution in [2.45, 2.75) is 13.0 Å². The first-order chi connectivity index (χ1) is 12.0. The van der Waals surface area contributed by atoms with Crippen LogP contribution in [0.25, 0.3) is 10.9 Å². The Hall–Kier alpha value is -2.66. The Morgan fingerprint density at radius 1 is 1.12 bits per heavy atom. The van der Waals surface area contributed by atoms with E-state index in [1.165, 1.54) is 0 Å². The smallest absolute Gasteiger partial charge is 0.247 e. The van der Waals surface area contributed by atoms with Crippen molar-refractivity contribution < 1.29 is 14.3 Å². The van der Waals surface area contributed by atoms with Crippen LogP contribution in [0.2, 0.25) is 5.02 Å². The van der Waals surface area contributed by atoms with Crippen LogP contribution in [0.1, 0.15) is 13.0 Å². The number of carbonyl (C=O) groups excluding carboxylic acids is 1. The van der Waals surface area contributed by atoms with Crippen molar-refractivity contribution >= 4 is 34.1 Å². The van der Waals surface area contributed by atoms with Crippen molar-refractivity contribution in [2.75, 3.05) is 19.5 Å². The van der Waals surface area contributed by atoms with Gasteiger partial charge in [-0.25, -0.2) is 0 Å². The summed E-state index contributed by atoms with van der Waals surface area (Å²) in [6.45, 7) is 1.85. The van der Waals surface area contributed by atoms with Crippen molar-refractivity contribution in [3.63, 3.8) is 0 Å². The number of benzene rings is 2. The molecular formula is C19H19ClN2O3. The quantitative estimate of drug-likeness (QED) is 0.730. The first-order valence-corrected chi connectivity index (χ1v) is 8.20. The van der Waals surface area contributed by atoms with Crippen LogP contribution >= 0.6 is 11.6 Å². The molecule has 6 heteroatoms. The van der Waals surface area contributed by atoms with Gasteiger partial charge >= 0.3 is 0 Å². The Kier molecular flexibility index (Phi) is 4.86. The summed E-state index contributed by atoms with van der Waals surface area (Å²) in [6.07, 6.45) is 1.90. The highest BCUT2D eigenvalue weighted by Gasteiger charge is 2.17. The van der Waals surface area contributed by atoms with Gasteiger partial charge in [0.25, 0.3) is 0 Å². The van der Waals surface area contributed by atoms with E-state index in [2.05, 4.69) is 5.32 Å². The number of ether oxygens (including phenoxy) is 2. The maximum Gasteiger partial charge on any atom is 0.247 e. The Bertz CT molecular complexity index is 920. The standard InChI is InChI=1S/C19H19ClN2O3/c1-12(19(23)21-14-4-7-18(25-3)16(20)11-14)22-9-8-13-10-15(24-2)5-6-17(13)22/h4-12H,1-3H3,(H,21,23). The molecule has 3 aromatic rings. The number of anilines is 1. The van der Waals surface area contributed by atoms with Crippen LogP contribution in [0.5, 0.6) is 11.5 Å². The first-order valence-electron chi connectivity index (χ1n) is 7.82. The summed E-state index contributed by atoms with van der Waals surface area (Å²) in [5.41, 5.74) is 1.59. The van der Waals surface area contributed by atoms with Gasteiger partial charge in [0.1, 0.15) is 17.5 Å². The minimum Gasteiger partial charge on any atom is -0.497 e. The molecule has 0 spiro atoms. The second kappa shape index (κ2) is 7.07. The third-order valence-corrected chi connectivity index (χ3v) is 4.44. The number of aromatic nitrogens is 1. The molecule has 3 rings (SSSR count). The number of halogens is 1. The lowest BCUT2D eigenvalue weighted by Crippen LogP contribution is -2.23. The monoisotopic (exact) mass is 358 g/mol. The van der Waals surface area contributed by atoms with E-state index in [1.54, 1.807) is 32.4 Å². The molecule has 1 amide bonds. The zero-order valence-corrected chi connectivity index (χ0v) is 15.0. The molecule has 5 nitrogen and oxygen atoms in total. The maximum absolute atomic E-state index is 12.6. The van der Waals surface area contributed by atoms with E-state index in [4.69, 9.17) is 21.1 Å². The topological polar surface area (TPSA) is 52.5 Å². The van der Waals surface area contributed by atoms with Crippen molar-refractivity contribution in [3.05, 3.63) is 53.7 Å². The van der Waals surface area contributed by atoms with Gasteiger partial charge in [-0.3, -0.25) is 4.79 Å². The number of hydrogen-bond acceptors (Lipinski definition) is 3. The van der Waals surface area contributed by atoms with E-state index >= 15 is 0 Å². The third kappa shape index (κ3) is 3.42. The average molecular weight is 359 g/mol. The van der Waals surface area contributed by atoms with Gasteiger partial charge in [0.2, 0.25) is 5.91 Å². The van der Waals surface area contributed by atoms with Gasteiger partial charge < -0.3 is 19.4 Å². The molecule has 0 fully saturated rings. The first kappa shape index (κ1) is 17.2. The molecule has 0 radical (unpaired) electrons. The molecule has 2 aromatic carbocycles. The average Bonchev–Trinajstić information content (AvgIpc) is 3.04. The van der Waals surface area contributed by atoms with Gasteiger partial charge in [-0.1, -0.05) is 11.6 Å². The number of rotatable bonds is 5. The fourth-order valence-corrected chi connectivity index (χ4v) is 2.98. The van der Waals surface area contributed by atoms with Gasteiger partial charge in [-0.05, 0) is 49.4 Å². The Morgan fingerprint density at radius 2 is 1.92 bits per heavy atom. The van der Waals surface area contributed by atoms with E-state index in [0.29, 0.717) is 16.5 Å². The number of nitrogens with one attached hydrogen (secondary N) is 1. The van der Waals surface area contributed by atoms with Gasteiger partial charge in [0, 0.05) is 22.8 Å². The van der Waals surface area contributed by atoms with Gasteiger partial charge in [-0.2, -0.15) is 0 Å². The number of methoxy groups -OCH3 is 2.